The van der Waals surface area contributed by atoms with Gasteiger partial charge in [-0.3, -0.25) is 4.79 Å². The van der Waals surface area contributed by atoms with E-state index in [9.17, 15) is 4.79 Å². The van der Waals surface area contributed by atoms with Crippen molar-refractivity contribution in [1.29, 1.82) is 0 Å². The molecule has 14 heavy (non-hydrogen) atoms. The predicted octanol–water partition coefficient (Wildman–Crippen LogP) is 2.17. The van der Waals surface area contributed by atoms with Crippen LogP contribution in [-0.2, 0) is 0 Å². The van der Waals surface area contributed by atoms with Crippen LogP contribution in [-0.4, -0.2) is 11.4 Å². The number of aryl methyl sites for hydroxylation is 1. The molecule has 0 bridgehead atoms. The molecule has 1 rings (SSSR count). The molecule has 0 saturated carbocycles. The Morgan fingerprint density at radius 2 is 2.07 bits per heavy atom. The molecule has 0 aliphatic rings. The summed E-state index contributed by atoms with van der Waals surface area (Å²) in [5.41, 5.74) is 6.16. The van der Waals surface area contributed by atoms with Crippen molar-refractivity contribution in [1.82, 2.24) is 5.32 Å². The van der Waals surface area contributed by atoms with Crippen LogP contribution >= 0.6 is 11.3 Å². The fraction of sp³-hybridized carbons (Fsp3) is 0.500. The molecule has 78 valence electrons. The maximum atomic E-state index is 11.7. The number of nitrogens with one attached hydrogen (secondary N) is 1. The van der Waals surface area contributed by atoms with E-state index in [1.54, 1.807) is 6.07 Å². The van der Waals surface area contributed by atoms with Crippen molar-refractivity contribution in [3.8, 4) is 0 Å². The molecule has 4 heteroatoms. The normalized spacial score (nSPS) is 11.4. The van der Waals surface area contributed by atoms with Crippen molar-refractivity contribution in [2.75, 3.05) is 5.73 Å². The lowest BCUT2D eigenvalue weighted by molar-refractivity contribution is 0.0924. The summed E-state index contributed by atoms with van der Waals surface area (Å²) in [7, 11) is 0. The highest BCUT2D eigenvalue weighted by atomic mass is 32.1. The lowest BCUT2D eigenvalue weighted by Crippen LogP contribution is -2.40. The number of hydrogen-bond donors (Lipinski definition) is 2. The number of thiophene rings is 1. The minimum absolute atomic E-state index is 0.0534. The summed E-state index contributed by atoms with van der Waals surface area (Å²) in [6, 6.07) is 1.72. The number of nitrogens with two attached hydrogens (primary N) is 1. The highest BCUT2D eigenvalue weighted by Gasteiger charge is 2.17. The molecule has 1 heterocycles. The second kappa shape index (κ2) is 3.61. The van der Waals surface area contributed by atoms with Crippen LogP contribution in [0, 0.1) is 6.92 Å². The number of amides is 1. The summed E-state index contributed by atoms with van der Waals surface area (Å²) >= 11 is 1.43. The number of nitrogen functional groups attached to an aromatic ring is 1. The summed E-state index contributed by atoms with van der Waals surface area (Å²) in [6.45, 7) is 7.77. The first-order valence-electron chi connectivity index (χ1n) is 4.48. The van der Waals surface area contributed by atoms with E-state index in [0.717, 1.165) is 4.88 Å². The molecule has 0 radical (unpaired) electrons. The monoisotopic (exact) mass is 212 g/mol. The van der Waals surface area contributed by atoms with Crippen molar-refractivity contribution in [2.45, 2.75) is 33.2 Å². The van der Waals surface area contributed by atoms with E-state index >= 15 is 0 Å². The Kier molecular flexibility index (Phi) is 2.85. The van der Waals surface area contributed by atoms with Gasteiger partial charge in [0.25, 0.3) is 5.91 Å². The van der Waals surface area contributed by atoms with Crippen LogP contribution < -0.4 is 11.1 Å². The van der Waals surface area contributed by atoms with E-state index in [0.29, 0.717) is 10.6 Å². The van der Waals surface area contributed by atoms with E-state index in [1.165, 1.54) is 11.3 Å². The fourth-order valence-corrected chi connectivity index (χ4v) is 1.85. The van der Waals surface area contributed by atoms with E-state index in [-0.39, 0.29) is 11.4 Å². The molecule has 0 spiro atoms. The van der Waals surface area contributed by atoms with Crippen LogP contribution in [0.15, 0.2) is 6.07 Å². The molecule has 3 nitrogen and oxygen atoms in total. The average molecular weight is 212 g/mol. The van der Waals surface area contributed by atoms with Gasteiger partial charge in [-0.15, -0.1) is 11.3 Å². The summed E-state index contributed by atoms with van der Waals surface area (Å²) in [4.78, 5) is 13.3. The number of rotatable bonds is 1. The predicted molar refractivity (Wildman–Crippen MR) is 60.7 cm³/mol. The zero-order chi connectivity index (χ0) is 10.9. The molecule has 1 aromatic rings. The van der Waals surface area contributed by atoms with Gasteiger partial charge >= 0.3 is 0 Å². The second-order valence-corrected chi connectivity index (χ2v) is 5.58. The first-order chi connectivity index (χ1) is 6.29. The van der Waals surface area contributed by atoms with E-state index in [4.69, 9.17) is 5.73 Å². The van der Waals surface area contributed by atoms with Gasteiger partial charge in [0.05, 0.1) is 4.88 Å². The van der Waals surface area contributed by atoms with Gasteiger partial charge in [-0.25, -0.2) is 0 Å². The van der Waals surface area contributed by atoms with Crippen molar-refractivity contribution in [2.24, 2.45) is 0 Å². The van der Waals surface area contributed by atoms with Gasteiger partial charge in [0.2, 0.25) is 0 Å². The van der Waals surface area contributed by atoms with Crippen molar-refractivity contribution < 1.29 is 4.79 Å². The molecular formula is C10H16N2OS. The van der Waals surface area contributed by atoms with Gasteiger partial charge in [0.1, 0.15) is 0 Å². The van der Waals surface area contributed by atoms with Crippen LogP contribution in [0.25, 0.3) is 0 Å². The molecule has 1 aromatic heterocycles. The Morgan fingerprint density at radius 1 is 1.50 bits per heavy atom. The van der Waals surface area contributed by atoms with Crippen molar-refractivity contribution in [3.63, 3.8) is 0 Å². The van der Waals surface area contributed by atoms with Gasteiger partial charge in [-0.2, -0.15) is 0 Å². The molecule has 3 N–H and O–H groups in total. The Balaban J connectivity index is 2.80. The van der Waals surface area contributed by atoms with Crippen LogP contribution in [0.4, 0.5) is 5.69 Å². The topological polar surface area (TPSA) is 55.1 Å². The van der Waals surface area contributed by atoms with Crippen LogP contribution in [0.1, 0.15) is 35.3 Å². The maximum Gasteiger partial charge on any atom is 0.261 e. The summed E-state index contributed by atoms with van der Waals surface area (Å²) in [5.74, 6) is -0.0534. The van der Waals surface area contributed by atoms with Crippen molar-refractivity contribution in [3.05, 3.63) is 15.8 Å². The quantitative estimate of drug-likeness (QED) is 0.749. The fourth-order valence-electron chi connectivity index (χ4n) is 1.01. The standard InChI is InChI=1S/C10H16N2OS/c1-6-7(11)5-8(14-6)9(13)12-10(2,3)4/h5H,11H2,1-4H3,(H,12,13). The SMILES string of the molecule is Cc1sc(C(=O)NC(C)(C)C)cc1N. The van der Waals surface area contributed by atoms with E-state index in [1.807, 2.05) is 27.7 Å². The zero-order valence-corrected chi connectivity index (χ0v) is 9.79. The molecule has 0 fully saturated rings. The first-order valence-corrected chi connectivity index (χ1v) is 5.29. The van der Waals surface area contributed by atoms with Crippen LogP contribution in [0.3, 0.4) is 0 Å². The third-order valence-corrected chi connectivity index (χ3v) is 2.73. The zero-order valence-electron chi connectivity index (χ0n) is 8.97. The highest BCUT2D eigenvalue weighted by molar-refractivity contribution is 7.14. The summed E-state index contributed by atoms with van der Waals surface area (Å²) in [5, 5.41) is 2.89. The van der Waals surface area contributed by atoms with Gasteiger partial charge < -0.3 is 11.1 Å². The molecular weight excluding hydrogens is 196 g/mol. The third kappa shape index (κ3) is 2.73. The van der Waals surface area contributed by atoms with Crippen molar-refractivity contribution >= 4 is 22.9 Å². The molecule has 0 aliphatic heterocycles. The minimum Gasteiger partial charge on any atom is -0.398 e. The van der Waals surface area contributed by atoms with Gasteiger partial charge in [0, 0.05) is 16.1 Å². The van der Waals surface area contributed by atoms with E-state index < -0.39 is 0 Å². The van der Waals surface area contributed by atoms with Crippen LogP contribution in [0.2, 0.25) is 0 Å². The second-order valence-electron chi connectivity index (χ2n) is 4.33. The maximum absolute atomic E-state index is 11.7. The van der Waals surface area contributed by atoms with Gasteiger partial charge in [0.15, 0.2) is 0 Å². The Hall–Kier alpha value is -1.03. The molecule has 0 aromatic carbocycles. The van der Waals surface area contributed by atoms with Gasteiger partial charge in [-0.1, -0.05) is 0 Å². The summed E-state index contributed by atoms with van der Waals surface area (Å²) < 4.78 is 0. The number of anilines is 1. The molecule has 0 atom stereocenters. The first kappa shape index (κ1) is 11.0. The number of carbonyl (C=O) groups excluding carboxylic acids is 1. The smallest absolute Gasteiger partial charge is 0.261 e. The Labute approximate surface area is 88.3 Å². The Bertz CT molecular complexity index is 330. The molecule has 1 amide bonds. The lowest BCUT2D eigenvalue weighted by Gasteiger charge is -2.19. The number of carbonyl (C=O) groups is 1. The summed E-state index contributed by atoms with van der Waals surface area (Å²) in [6.07, 6.45) is 0. The molecule has 0 aliphatic carbocycles. The molecule has 0 saturated heterocycles. The largest absolute Gasteiger partial charge is 0.398 e. The highest BCUT2D eigenvalue weighted by Crippen LogP contribution is 2.23. The van der Waals surface area contributed by atoms with E-state index in [2.05, 4.69) is 5.32 Å². The van der Waals surface area contributed by atoms with Gasteiger partial charge in [-0.05, 0) is 33.8 Å². The average Bonchev–Trinajstić information content (AvgIpc) is 2.28. The third-order valence-electron chi connectivity index (χ3n) is 1.67. The minimum atomic E-state index is -0.205. The van der Waals surface area contributed by atoms with Crippen LogP contribution in [0.5, 0.6) is 0 Å². The molecule has 0 unspecified atom stereocenters. The lowest BCUT2D eigenvalue weighted by atomic mass is 10.1. The number of hydrogen-bond acceptors (Lipinski definition) is 3. The Morgan fingerprint density at radius 3 is 2.43 bits per heavy atom.